The second-order valence-corrected chi connectivity index (χ2v) is 10.7. The predicted molar refractivity (Wildman–Crippen MR) is 147 cm³/mol. The monoisotopic (exact) mass is 494 g/mol. The summed E-state index contributed by atoms with van der Waals surface area (Å²) >= 11 is 6.21. The van der Waals surface area contributed by atoms with Crippen molar-refractivity contribution in [3.63, 3.8) is 0 Å². The van der Waals surface area contributed by atoms with E-state index in [0.29, 0.717) is 10.9 Å². The highest BCUT2D eigenvalue weighted by Gasteiger charge is 2.24. The number of carbonyl (C=O) groups excluding carboxylic acids is 1. The minimum Gasteiger partial charge on any atom is -0.506 e. The van der Waals surface area contributed by atoms with Gasteiger partial charge in [-0.15, -0.1) is 0 Å². The third kappa shape index (κ3) is 6.83. The maximum atomic E-state index is 12.4. The first-order valence-electron chi connectivity index (χ1n) is 12.6. The summed E-state index contributed by atoms with van der Waals surface area (Å²) in [4.78, 5) is 19.4. The number of hydrogen-bond acceptors (Lipinski definition) is 4. The quantitative estimate of drug-likeness (QED) is 0.309. The molecule has 0 bridgehead atoms. The second-order valence-electron chi connectivity index (χ2n) is 10.3. The summed E-state index contributed by atoms with van der Waals surface area (Å²) in [5.74, 6) is 1.59. The SMILES string of the molecule is C/C=C(/C=C\c1ncc(C(C)=O)c(CC2CCC(CN(C)C)CC2)c1C)c1cc(C)c(O)c(Cl)c1. The molecule has 0 unspecified atom stereocenters. The van der Waals surface area contributed by atoms with E-state index >= 15 is 0 Å². The molecular weight excluding hydrogens is 456 g/mol. The third-order valence-electron chi connectivity index (χ3n) is 7.28. The first-order chi connectivity index (χ1) is 16.6. The summed E-state index contributed by atoms with van der Waals surface area (Å²) in [5.41, 5.74) is 6.54. The van der Waals surface area contributed by atoms with E-state index in [-0.39, 0.29) is 11.5 Å². The number of phenolic OH excluding ortho intramolecular Hbond substituents is 1. The molecule has 0 saturated heterocycles. The van der Waals surface area contributed by atoms with Crippen molar-refractivity contribution in [1.82, 2.24) is 9.88 Å². The van der Waals surface area contributed by atoms with Gasteiger partial charge in [-0.1, -0.05) is 23.8 Å². The molecule has 0 spiro atoms. The molecule has 1 N–H and O–H groups in total. The van der Waals surface area contributed by atoms with E-state index in [1.54, 1.807) is 19.2 Å². The topological polar surface area (TPSA) is 53.4 Å². The Balaban J connectivity index is 1.84. The molecule has 0 radical (unpaired) electrons. The van der Waals surface area contributed by atoms with Crippen LogP contribution in [0.3, 0.4) is 0 Å². The van der Waals surface area contributed by atoms with Gasteiger partial charge in [0.05, 0.1) is 10.7 Å². The first-order valence-corrected chi connectivity index (χ1v) is 13.0. The minimum absolute atomic E-state index is 0.0794. The second kappa shape index (κ2) is 12.0. The van der Waals surface area contributed by atoms with Crippen LogP contribution in [-0.2, 0) is 6.42 Å². The van der Waals surface area contributed by atoms with Crippen LogP contribution in [0.2, 0.25) is 5.02 Å². The Hall–Kier alpha value is -2.43. The lowest BCUT2D eigenvalue weighted by Crippen LogP contribution is -2.26. The zero-order valence-corrected chi connectivity index (χ0v) is 22.7. The highest BCUT2D eigenvalue weighted by Crippen LogP contribution is 2.34. The third-order valence-corrected chi connectivity index (χ3v) is 7.56. The number of Topliss-reactive ketones (excluding diaryl/α,β-unsaturated/α-hetero) is 1. The Bertz CT molecular complexity index is 1100. The van der Waals surface area contributed by atoms with E-state index in [4.69, 9.17) is 11.6 Å². The van der Waals surface area contributed by atoms with Crippen LogP contribution in [0.25, 0.3) is 11.6 Å². The van der Waals surface area contributed by atoms with Crippen molar-refractivity contribution in [2.24, 2.45) is 11.8 Å². The number of phenols is 1. The number of aromatic hydroxyl groups is 1. The molecule has 2 aromatic rings. The van der Waals surface area contributed by atoms with Crippen molar-refractivity contribution >= 4 is 29.0 Å². The van der Waals surface area contributed by atoms with Gasteiger partial charge in [0.15, 0.2) is 5.78 Å². The molecule has 188 valence electrons. The van der Waals surface area contributed by atoms with E-state index in [1.807, 2.05) is 38.1 Å². The number of pyridine rings is 1. The smallest absolute Gasteiger partial charge is 0.161 e. The van der Waals surface area contributed by atoms with Crippen LogP contribution in [-0.4, -0.2) is 41.4 Å². The summed E-state index contributed by atoms with van der Waals surface area (Å²) in [5, 5.41) is 10.4. The minimum atomic E-state index is 0.0794. The van der Waals surface area contributed by atoms with Gasteiger partial charge >= 0.3 is 0 Å². The average molecular weight is 495 g/mol. The first kappa shape index (κ1) is 27.2. The lowest BCUT2D eigenvalue weighted by Gasteiger charge is -2.31. The van der Waals surface area contributed by atoms with Gasteiger partial charge in [0.1, 0.15) is 5.75 Å². The van der Waals surface area contributed by atoms with Gasteiger partial charge in [0.2, 0.25) is 0 Å². The fraction of sp³-hybridized carbons (Fsp3) is 0.467. The van der Waals surface area contributed by atoms with Crippen LogP contribution in [0.1, 0.15) is 77.8 Å². The van der Waals surface area contributed by atoms with E-state index in [1.165, 1.54) is 25.7 Å². The molecule has 0 atom stereocenters. The molecule has 1 aromatic heterocycles. The van der Waals surface area contributed by atoms with Crippen LogP contribution >= 0.6 is 11.6 Å². The molecule has 1 aliphatic carbocycles. The van der Waals surface area contributed by atoms with Crippen LogP contribution in [0.15, 0.2) is 30.5 Å². The molecule has 1 aromatic carbocycles. The number of allylic oxidation sites excluding steroid dienone is 3. The molecular formula is C30H39ClN2O2. The molecule has 5 heteroatoms. The van der Waals surface area contributed by atoms with Gasteiger partial charge in [0.25, 0.3) is 0 Å². The molecule has 1 saturated carbocycles. The van der Waals surface area contributed by atoms with Crippen LogP contribution in [0, 0.1) is 25.7 Å². The van der Waals surface area contributed by atoms with Crippen molar-refractivity contribution in [3.05, 3.63) is 69.0 Å². The molecule has 1 fully saturated rings. The van der Waals surface area contributed by atoms with Gasteiger partial charge in [-0.25, -0.2) is 0 Å². The molecule has 35 heavy (non-hydrogen) atoms. The number of aryl methyl sites for hydroxylation is 1. The van der Waals surface area contributed by atoms with Gasteiger partial charge in [0, 0.05) is 18.3 Å². The number of rotatable bonds is 8. The number of aromatic nitrogens is 1. The van der Waals surface area contributed by atoms with Gasteiger partial charge in [-0.2, -0.15) is 0 Å². The Morgan fingerprint density at radius 3 is 2.40 bits per heavy atom. The fourth-order valence-electron chi connectivity index (χ4n) is 5.25. The van der Waals surface area contributed by atoms with Crippen molar-refractivity contribution in [2.75, 3.05) is 20.6 Å². The molecule has 3 rings (SSSR count). The van der Waals surface area contributed by atoms with Crippen molar-refractivity contribution < 1.29 is 9.90 Å². The Morgan fingerprint density at radius 2 is 1.83 bits per heavy atom. The predicted octanol–water partition coefficient (Wildman–Crippen LogP) is 7.29. The number of nitrogens with zero attached hydrogens (tertiary/aromatic N) is 2. The lowest BCUT2D eigenvalue weighted by molar-refractivity contribution is 0.101. The number of benzene rings is 1. The Labute approximate surface area is 215 Å². The molecule has 0 aliphatic heterocycles. The van der Waals surface area contributed by atoms with E-state index in [9.17, 15) is 9.90 Å². The maximum absolute atomic E-state index is 12.4. The zero-order chi connectivity index (χ0) is 25.7. The maximum Gasteiger partial charge on any atom is 0.161 e. The zero-order valence-electron chi connectivity index (χ0n) is 22.0. The van der Waals surface area contributed by atoms with E-state index in [0.717, 1.165) is 58.0 Å². The summed E-state index contributed by atoms with van der Waals surface area (Å²) in [6.07, 6.45) is 13.7. The molecule has 1 heterocycles. The molecule has 0 amide bonds. The average Bonchev–Trinajstić information content (AvgIpc) is 2.80. The summed E-state index contributed by atoms with van der Waals surface area (Å²) in [6.45, 7) is 8.70. The Morgan fingerprint density at radius 1 is 1.17 bits per heavy atom. The van der Waals surface area contributed by atoms with Crippen molar-refractivity contribution in [3.8, 4) is 5.75 Å². The number of ketones is 1. The molecule has 4 nitrogen and oxygen atoms in total. The summed E-state index contributed by atoms with van der Waals surface area (Å²) in [6, 6.07) is 3.71. The van der Waals surface area contributed by atoms with Gasteiger partial charge < -0.3 is 10.0 Å². The summed E-state index contributed by atoms with van der Waals surface area (Å²) < 4.78 is 0. The van der Waals surface area contributed by atoms with Gasteiger partial charge in [-0.05, 0) is 132 Å². The molecule has 1 aliphatic rings. The normalized spacial score (nSPS) is 19.0. The largest absolute Gasteiger partial charge is 0.506 e. The number of carbonyl (C=O) groups is 1. The van der Waals surface area contributed by atoms with Crippen LogP contribution < -0.4 is 0 Å². The van der Waals surface area contributed by atoms with E-state index < -0.39 is 0 Å². The highest BCUT2D eigenvalue weighted by atomic mass is 35.5. The standard InChI is InChI=1S/C30H39ClN2O2/c1-7-24(25-14-19(2)30(35)28(31)16-25)12-13-29-20(3)26(27(17-32-29)21(4)34)15-22-8-10-23(11-9-22)18-33(5)6/h7,12-14,16-17,22-23,35H,8-11,15,18H2,1-6H3/b13-12-,24-7-. The summed E-state index contributed by atoms with van der Waals surface area (Å²) in [7, 11) is 4.30. The lowest BCUT2D eigenvalue weighted by atomic mass is 9.78. The number of hydrogen-bond donors (Lipinski definition) is 1. The Kier molecular flexibility index (Phi) is 9.32. The highest BCUT2D eigenvalue weighted by molar-refractivity contribution is 6.32. The van der Waals surface area contributed by atoms with E-state index in [2.05, 4.69) is 30.9 Å². The fourth-order valence-corrected chi connectivity index (χ4v) is 5.52. The van der Waals surface area contributed by atoms with Crippen LogP contribution in [0.4, 0.5) is 0 Å². The van der Waals surface area contributed by atoms with Gasteiger partial charge in [-0.3, -0.25) is 9.78 Å². The number of halogens is 1. The van der Waals surface area contributed by atoms with Crippen molar-refractivity contribution in [1.29, 1.82) is 0 Å². The van der Waals surface area contributed by atoms with Crippen molar-refractivity contribution in [2.45, 2.75) is 59.8 Å². The van der Waals surface area contributed by atoms with Crippen LogP contribution in [0.5, 0.6) is 5.75 Å².